The molecule has 2 N–H and O–H groups in total. The number of hydrogen-bond acceptors (Lipinski definition) is 2. The van der Waals surface area contributed by atoms with E-state index in [4.69, 9.17) is 0 Å². The molecule has 1 aromatic rings. The first-order chi connectivity index (χ1) is 10.9. The molecule has 0 amide bonds. The van der Waals surface area contributed by atoms with Crippen LogP contribution in [0.1, 0.15) is 92.1 Å². The number of carbonyl (C=O) groups is 2. The van der Waals surface area contributed by atoms with Crippen molar-refractivity contribution in [3.8, 4) is 0 Å². The molecule has 4 nitrogen and oxygen atoms in total. The lowest BCUT2D eigenvalue weighted by Crippen LogP contribution is -2.16. The summed E-state index contributed by atoms with van der Waals surface area (Å²) in [6.07, 6.45) is 2.49. The quantitative estimate of drug-likeness (QED) is 0.717. The van der Waals surface area contributed by atoms with Crippen LogP contribution in [-0.4, -0.2) is 22.2 Å². The monoisotopic (exact) mass is 334 g/mol. The van der Waals surface area contributed by atoms with Crippen LogP contribution in [0.2, 0.25) is 0 Å². The van der Waals surface area contributed by atoms with Crippen molar-refractivity contribution < 1.29 is 19.8 Å². The van der Waals surface area contributed by atoms with Crippen LogP contribution in [0.3, 0.4) is 0 Å². The van der Waals surface area contributed by atoms with Gasteiger partial charge in [-0.2, -0.15) is 0 Å². The molecular formula is C20H30O4. The van der Waals surface area contributed by atoms with Crippen LogP contribution in [0.25, 0.3) is 0 Å². The summed E-state index contributed by atoms with van der Waals surface area (Å²) in [5.74, 6) is -1.75. The zero-order valence-corrected chi connectivity index (χ0v) is 15.6. The number of rotatable bonds is 7. The Morgan fingerprint density at radius 3 is 2.04 bits per heavy atom. The molecule has 0 aliphatic heterocycles. The fourth-order valence-corrected chi connectivity index (χ4v) is 3.43. The molecule has 0 bridgehead atoms. The first-order valence-electron chi connectivity index (χ1n) is 8.56. The van der Waals surface area contributed by atoms with Crippen molar-refractivity contribution in [1.82, 2.24) is 0 Å². The van der Waals surface area contributed by atoms with E-state index in [1.54, 1.807) is 6.07 Å². The van der Waals surface area contributed by atoms with Gasteiger partial charge in [0.1, 0.15) is 0 Å². The highest BCUT2D eigenvalue weighted by Gasteiger charge is 2.24. The molecule has 1 rings (SSSR count). The molecule has 4 heteroatoms. The summed E-state index contributed by atoms with van der Waals surface area (Å²) >= 11 is 0. The van der Waals surface area contributed by atoms with Crippen molar-refractivity contribution in [2.45, 2.75) is 66.7 Å². The second kappa shape index (κ2) is 7.82. The molecule has 0 radical (unpaired) electrons. The summed E-state index contributed by atoms with van der Waals surface area (Å²) in [5.41, 5.74) is 1.67. The van der Waals surface area contributed by atoms with Crippen molar-refractivity contribution in [3.05, 3.63) is 34.4 Å². The molecule has 0 aliphatic rings. The van der Waals surface area contributed by atoms with Gasteiger partial charge in [-0.25, -0.2) is 9.59 Å². The molecule has 24 heavy (non-hydrogen) atoms. The Labute approximate surface area is 144 Å². The van der Waals surface area contributed by atoms with E-state index in [9.17, 15) is 19.8 Å². The second-order valence-electron chi connectivity index (χ2n) is 8.23. The van der Waals surface area contributed by atoms with Crippen LogP contribution in [0.15, 0.2) is 12.1 Å². The Bertz CT molecular complexity index is 609. The molecule has 0 aliphatic carbocycles. The summed E-state index contributed by atoms with van der Waals surface area (Å²) in [7, 11) is 0. The maximum atomic E-state index is 11.7. The standard InChI is InChI=1S/C20H30O4/c1-12(2)14-9-10-16(18(21)22)17(19(23)24)15(14)8-7-13(3)11-20(4,5)6/h9-10,12-13H,7-8,11H2,1-6H3,(H,21,22)(H,23,24). The van der Waals surface area contributed by atoms with Gasteiger partial charge in [-0.3, -0.25) is 0 Å². The Morgan fingerprint density at radius 1 is 1.04 bits per heavy atom. The fourth-order valence-electron chi connectivity index (χ4n) is 3.43. The Hall–Kier alpha value is -1.84. The summed E-state index contributed by atoms with van der Waals surface area (Å²) in [6.45, 7) is 12.7. The van der Waals surface area contributed by atoms with E-state index in [2.05, 4.69) is 27.7 Å². The highest BCUT2D eigenvalue weighted by molar-refractivity contribution is 6.03. The minimum atomic E-state index is -1.19. The maximum Gasteiger partial charge on any atom is 0.336 e. The molecule has 0 saturated heterocycles. The van der Waals surface area contributed by atoms with Crippen LogP contribution >= 0.6 is 0 Å². The summed E-state index contributed by atoms with van der Waals surface area (Å²) in [4.78, 5) is 23.2. The van der Waals surface area contributed by atoms with Crippen LogP contribution in [-0.2, 0) is 6.42 Å². The van der Waals surface area contributed by atoms with Crippen molar-refractivity contribution in [3.63, 3.8) is 0 Å². The predicted molar refractivity (Wildman–Crippen MR) is 96.0 cm³/mol. The zero-order valence-electron chi connectivity index (χ0n) is 15.6. The number of carboxylic acid groups (broad SMARTS) is 2. The minimum Gasteiger partial charge on any atom is -0.478 e. The highest BCUT2D eigenvalue weighted by Crippen LogP contribution is 2.31. The molecule has 0 saturated carbocycles. The van der Waals surface area contributed by atoms with E-state index < -0.39 is 11.9 Å². The van der Waals surface area contributed by atoms with E-state index in [0.29, 0.717) is 17.9 Å². The van der Waals surface area contributed by atoms with E-state index >= 15 is 0 Å². The van der Waals surface area contributed by atoms with E-state index in [0.717, 1.165) is 18.4 Å². The third-order valence-corrected chi connectivity index (χ3v) is 4.26. The normalized spacial score (nSPS) is 13.1. The van der Waals surface area contributed by atoms with Crippen molar-refractivity contribution in [2.24, 2.45) is 11.3 Å². The highest BCUT2D eigenvalue weighted by atomic mass is 16.4. The Kier molecular flexibility index (Phi) is 6.58. The van der Waals surface area contributed by atoms with Gasteiger partial charge in [0.15, 0.2) is 0 Å². The maximum absolute atomic E-state index is 11.7. The summed E-state index contributed by atoms with van der Waals surface area (Å²) < 4.78 is 0. The second-order valence-corrected chi connectivity index (χ2v) is 8.23. The molecule has 0 heterocycles. The van der Waals surface area contributed by atoms with Crippen LogP contribution in [0.5, 0.6) is 0 Å². The molecule has 0 fully saturated rings. The lowest BCUT2D eigenvalue weighted by molar-refractivity contribution is 0.0650. The van der Waals surface area contributed by atoms with Crippen molar-refractivity contribution in [1.29, 1.82) is 0 Å². The number of aromatic carboxylic acids is 2. The van der Waals surface area contributed by atoms with E-state index in [-0.39, 0.29) is 22.5 Å². The minimum absolute atomic E-state index is 0.0448. The molecule has 0 spiro atoms. The average Bonchev–Trinajstić information content (AvgIpc) is 2.41. The van der Waals surface area contributed by atoms with Gasteiger partial charge in [0.05, 0.1) is 11.1 Å². The SMILES string of the molecule is CC(CCc1c(C(C)C)ccc(C(=O)O)c1C(=O)O)CC(C)(C)C. The Morgan fingerprint density at radius 2 is 1.62 bits per heavy atom. The number of hydrogen-bond donors (Lipinski definition) is 2. The van der Waals surface area contributed by atoms with E-state index in [1.165, 1.54) is 6.07 Å². The van der Waals surface area contributed by atoms with Crippen LogP contribution in [0, 0.1) is 11.3 Å². The van der Waals surface area contributed by atoms with Gasteiger partial charge in [-0.15, -0.1) is 0 Å². The third kappa shape index (κ3) is 5.36. The molecule has 1 atom stereocenters. The summed E-state index contributed by atoms with van der Waals surface area (Å²) in [6, 6.07) is 3.19. The van der Waals surface area contributed by atoms with E-state index in [1.807, 2.05) is 13.8 Å². The lowest BCUT2D eigenvalue weighted by Gasteiger charge is -2.24. The molecule has 1 aromatic carbocycles. The van der Waals surface area contributed by atoms with Crippen molar-refractivity contribution >= 4 is 11.9 Å². The van der Waals surface area contributed by atoms with Gasteiger partial charge in [0.25, 0.3) is 0 Å². The first kappa shape index (κ1) is 20.2. The van der Waals surface area contributed by atoms with Gasteiger partial charge in [0, 0.05) is 0 Å². The van der Waals surface area contributed by atoms with Gasteiger partial charge in [-0.05, 0) is 53.7 Å². The van der Waals surface area contributed by atoms with Gasteiger partial charge in [-0.1, -0.05) is 47.6 Å². The average molecular weight is 334 g/mol. The topological polar surface area (TPSA) is 74.6 Å². The number of carboxylic acids is 2. The zero-order chi connectivity index (χ0) is 18.7. The largest absolute Gasteiger partial charge is 0.478 e. The van der Waals surface area contributed by atoms with Crippen LogP contribution < -0.4 is 0 Å². The number of benzene rings is 1. The van der Waals surface area contributed by atoms with Gasteiger partial charge in [0.2, 0.25) is 0 Å². The van der Waals surface area contributed by atoms with Crippen LogP contribution in [0.4, 0.5) is 0 Å². The summed E-state index contributed by atoms with van der Waals surface area (Å²) in [5, 5.41) is 18.9. The van der Waals surface area contributed by atoms with Crippen molar-refractivity contribution in [2.75, 3.05) is 0 Å². The molecule has 0 aromatic heterocycles. The first-order valence-corrected chi connectivity index (χ1v) is 8.56. The molecule has 134 valence electrons. The van der Waals surface area contributed by atoms with Gasteiger partial charge < -0.3 is 10.2 Å². The van der Waals surface area contributed by atoms with Gasteiger partial charge >= 0.3 is 11.9 Å². The smallest absolute Gasteiger partial charge is 0.336 e. The lowest BCUT2D eigenvalue weighted by atomic mass is 9.81. The molecular weight excluding hydrogens is 304 g/mol. The molecule has 1 unspecified atom stereocenters. The fraction of sp³-hybridized carbons (Fsp3) is 0.600. The predicted octanol–water partition coefficient (Wildman–Crippen LogP) is 5.21. The third-order valence-electron chi connectivity index (χ3n) is 4.26. The Balaban J connectivity index is 3.25.